The zero-order chi connectivity index (χ0) is 11.0. The average Bonchev–Trinajstić information content (AvgIpc) is 2.15. The Hall–Kier alpha value is -0.970. The first-order chi connectivity index (χ1) is 6.60. The highest BCUT2D eigenvalue weighted by atomic mass is 32.1. The molecular weight excluding hydrogens is 202 g/mol. The van der Waals surface area contributed by atoms with Gasteiger partial charge in [0.2, 0.25) is 5.91 Å². The van der Waals surface area contributed by atoms with Crippen molar-refractivity contribution in [3.63, 3.8) is 0 Å². The van der Waals surface area contributed by atoms with Crippen molar-refractivity contribution in [3.05, 3.63) is 0 Å². The summed E-state index contributed by atoms with van der Waals surface area (Å²) in [6, 6.07) is 0. The maximum absolute atomic E-state index is 11.1. The molecule has 0 aromatic carbocycles. The van der Waals surface area contributed by atoms with Gasteiger partial charge in [-0.25, -0.2) is 0 Å². The maximum atomic E-state index is 11.1. The SMILES string of the molecule is CCOC(=O)CNC(=O)CC(=S)CC. The molecule has 0 aromatic rings. The van der Waals surface area contributed by atoms with Crippen molar-refractivity contribution >= 4 is 29.0 Å². The lowest BCUT2D eigenvalue weighted by Crippen LogP contribution is -2.31. The van der Waals surface area contributed by atoms with Gasteiger partial charge in [-0.2, -0.15) is 0 Å². The summed E-state index contributed by atoms with van der Waals surface area (Å²) in [5.74, 6) is -0.659. The number of thiocarbonyl (C=S) groups is 1. The number of carbonyl (C=O) groups is 2. The van der Waals surface area contributed by atoms with Crippen molar-refractivity contribution in [1.82, 2.24) is 5.32 Å². The monoisotopic (exact) mass is 217 g/mol. The molecule has 0 saturated carbocycles. The Labute approximate surface area is 89.0 Å². The van der Waals surface area contributed by atoms with Gasteiger partial charge in [0.25, 0.3) is 0 Å². The molecule has 0 rings (SSSR count). The second-order valence-electron chi connectivity index (χ2n) is 2.65. The van der Waals surface area contributed by atoms with Crippen LogP contribution in [0.2, 0.25) is 0 Å². The lowest BCUT2D eigenvalue weighted by molar-refractivity contribution is -0.143. The highest BCUT2D eigenvalue weighted by Crippen LogP contribution is 1.91. The molecule has 0 spiro atoms. The standard InChI is InChI=1S/C9H15NO3S/c1-3-7(14)5-8(11)10-6-9(12)13-4-2/h3-6H2,1-2H3,(H,10,11). The van der Waals surface area contributed by atoms with Crippen molar-refractivity contribution in [3.8, 4) is 0 Å². The van der Waals surface area contributed by atoms with E-state index in [-0.39, 0.29) is 18.9 Å². The zero-order valence-electron chi connectivity index (χ0n) is 8.46. The van der Waals surface area contributed by atoms with Gasteiger partial charge in [0.15, 0.2) is 0 Å². The van der Waals surface area contributed by atoms with Crippen molar-refractivity contribution < 1.29 is 14.3 Å². The van der Waals surface area contributed by atoms with Crippen LogP contribution in [0, 0.1) is 0 Å². The van der Waals surface area contributed by atoms with E-state index in [0.717, 1.165) is 0 Å². The molecule has 14 heavy (non-hydrogen) atoms. The van der Waals surface area contributed by atoms with Crippen LogP contribution in [0.5, 0.6) is 0 Å². The summed E-state index contributed by atoms with van der Waals surface area (Å²) in [5, 5.41) is 2.43. The lowest BCUT2D eigenvalue weighted by atomic mass is 10.2. The van der Waals surface area contributed by atoms with Crippen LogP contribution in [0.1, 0.15) is 26.7 Å². The third-order valence-corrected chi connectivity index (χ3v) is 1.92. The first kappa shape index (κ1) is 13.0. The van der Waals surface area contributed by atoms with Gasteiger partial charge >= 0.3 is 5.97 Å². The molecule has 0 saturated heterocycles. The summed E-state index contributed by atoms with van der Waals surface area (Å²) < 4.78 is 4.64. The number of carbonyl (C=O) groups excluding carboxylic acids is 2. The summed E-state index contributed by atoms with van der Waals surface area (Å²) in [7, 11) is 0. The van der Waals surface area contributed by atoms with Crippen LogP contribution in [0.3, 0.4) is 0 Å². The van der Waals surface area contributed by atoms with E-state index in [1.54, 1.807) is 6.92 Å². The molecular formula is C9H15NO3S. The highest BCUT2D eigenvalue weighted by molar-refractivity contribution is 7.80. The average molecular weight is 217 g/mol. The Kier molecular flexibility index (Phi) is 6.92. The molecule has 5 heteroatoms. The Balaban J connectivity index is 3.63. The largest absolute Gasteiger partial charge is 0.465 e. The zero-order valence-corrected chi connectivity index (χ0v) is 9.28. The fourth-order valence-electron chi connectivity index (χ4n) is 0.749. The van der Waals surface area contributed by atoms with Gasteiger partial charge in [-0.05, 0) is 13.3 Å². The molecule has 80 valence electrons. The molecule has 0 unspecified atom stereocenters. The fraction of sp³-hybridized carbons (Fsp3) is 0.667. The fourth-order valence-corrected chi connectivity index (χ4v) is 0.880. The van der Waals surface area contributed by atoms with Crippen LogP contribution >= 0.6 is 12.2 Å². The quantitative estimate of drug-likeness (QED) is 0.529. The number of nitrogens with one attached hydrogen (secondary N) is 1. The molecule has 4 nitrogen and oxygen atoms in total. The number of hydrogen-bond donors (Lipinski definition) is 1. The topological polar surface area (TPSA) is 55.4 Å². The van der Waals surface area contributed by atoms with Gasteiger partial charge in [-0.1, -0.05) is 19.1 Å². The predicted molar refractivity (Wildman–Crippen MR) is 57.1 cm³/mol. The van der Waals surface area contributed by atoms with E-state index in [2.05, 4.69) is 10.1 Å². The number of rotatable bonds is 6. The Bertz CT molecular complexity index is 228. The van der Waals surface area contributed by atoms with Crippen LogP contribution in [-0.2, 0) is 14.3 Å². The normalized spacial score (nSPS) is 9.29. The molecule has 0 radical (unpaired) electrons. The molecule has 0 fully saturated rings. The van der Waals surface area contributed by atoms with Crippen LogP contribution in [-0.4, -0.2) is 29.9 Å². The van der Waals surface area contributed by atoms with E-state index in [9.17, 15) is 9.59 Å². The Morgan fingerprint density at radius 2 is 2.00 bits per heavy atom. The molecule has 0 heterocycles. The number of esters is 1. The summed E-state index contributed by atoms with van der Waals surface area (Å²) in [4.78, 5) is 22.6. The number of ether oxygens (including phenoxy) is 1. The van der Waals surface area contributed by atoms with Gasteiger partial charge < -0.3 is 10.1 Å². The van der Waals surface area contributed by atoms with Crippen LogP contribution in [0.25, 0.3) is 0 Å². The van der Waals surface area contributed by atoms with Crippen molar-refractivity contribution in [2.45, 2.75) is 26.7 Å². The minimum Gasteiger partial charge on any atom is -0.465 e. The molecule has 0 atom stereocenters. The second-order valence-corrected chi connectivity index (χ2v) is 3.23. The van der Waals surface area contributed by atoms with Gasteiger partial charge in [-0.3, -0.25) is 9.59 Å². The minimum absolute atomic E-state index is 0.0843. The minimum atomic E-state index is -0.428. The smallest absolute Gasteiger partial charge is 0.325 e. The van der Waals surface area contributed by atoms with Crippen LogP contribution < -0.4 is 5.32 Å². The van der Waals surface area contributed by atoms with Crippen molar-refractivity contribution in [1.29, 1.82) is 0 Å². The van der Waals surface area contributed by atoms with E-state index in [0.29, 0.717) is 17.9 Å². The Morgan fingerprint density at radius 1 is 1.36 bits per heavy atom. The Morgan fingerprint density at radius 3 is 2.50 bits per heavy atom. The van der Waals surface area contributed by atoms with Crippen LogP contribution in [0.4, 0.5) is 0 Å². The summed E-state index contributed by atoms with van der Waals surface area (Å²) >= 11 is 4.89. The molecule has 0 aliphatic carbocycles. The van der Waals surface area contributed by atoms with Gasteiger partial charge in [0.1, 0.15) is 6.54 Å². The van der Waals surface area contributed by atoms with E-state index in [1.807, 2.05) is 6.92 Å². The van der Waals surface area contributed by atoms with Gasteiger partial charge in [-0.15, -0.1) is 0 Å². The maximum Gasteiger partial charge on any atom is 0.325 e. The van der Waals surface area contributed by atoms with E-state index in [4.69, 9.17) is 12.2 Å². The molecule has 0 aromatic heterocycles. The van der Waals surface area contributed by atoms with E-state index in [1.165, 1.54) is 0 Å². The van der Waals surface area contributed by atoms with E-state index >= 15 is 0 Å². The summed E-state index contributed by atoms with van der Waals surface area (Å²) in [6.45, 7) is 3.84. The third kappa shape index (κ3) is 6.54. The molecule has 0 bridgehead atoms. The van der Waals surface area contributed by atoms with E-state index < -0.39 is 5.97 Å². The van der Waals surface area contributed by atoms with Crippen molar-refractivity contribution in [2.24, 2.45) is 0 Å². The van der Waals surface area contributed by atoms with Gasteiger partial charge in [0, 0.05) is 4.86 Å². The van der Waals surface area contributed by atoms with Crippen LogP contribution in [0.15, 0.2) is 0 Å². The third-order valence-electron chi connectivity index (χ3n) is 1.49. The second kappa shape index (κ2) is 7.44. The summed E-state index contributed by atoms with van der Waals surface area (Å²) in [5.41, 5.74) is 0. The molecule has 1 N–H and O–H groups in total. The first-order valence-corrected chi connectivity index (χ1v) is 4.95. The first-order valence-electron chi connectivity index (χ1n) is 4.54. The highest BCUT2D eigenvalue weighted by Gasteiger charge is 2.07. The molecule has 0 aliphatic rings. The lowest BCUT2D eigenvalue weighted by Gasteiger charge is -2.04. The van der Waals surface area contributed by atoms with Crippen molar-refractivity contribution in [2.75, 3.05) is 13.2 Å². The number of amides is 1. The molecule has 0 aliphatic heterocycles. The summed E-state index contributed by atoms with van der Waals surface area (Å²) in [6.07, 6.45) is 0.896. The van der Waals surface area contributed by atoms with Gasteiger partial charge in [0.05, 0.1) is 13.0 Å². The number of hydrogen-bond acceptors (Lipinski definition) is 4. The molecule has 1 amide bonds. The predicted octanol–water partition coefficient (Wildman–Crippen LogP) is 0.836.